The number of pyridine rings is 1. The molecule has 0 saturated carbocycles. The first-order valence-electron chi connectivity index (χ1n) is 7.49. The van der Waals surface area contributed by atoms with Crippen LogP contribution >= 0.6 is 0 Å². The minimum absolute atomic E-state index is 0.0521. The Morgan fingerprint density at radius 1 is 1.19 bits per heavy atom. The van der Waals surface area contributed by atoms with Gasteiger partial charge in [0.1, 0.15) is 12.4 Å². The van der Waals surface area contributed by atoms with Crippen LogP contribution in [-0.4, -0.2) is 38.1 Å². The molecule has 0 spiro atoms. The monoisotopic (exact) mass is 314 g/mol. The molecule has 1 N–H and O–H groups in total. The van der Waals surface area contributed by atoms with E-state index < -0.39 is 9.84 Å². The minimum atomic E-state index is -3.00. The lowest BCUT2D eigenvalue weighted by molar-refractivity contribution is 0.333. The van der Waals surface area contributed by atoms with E-state index in [4.69, 9.17) is 4.74 Å². The number of ether oxygens (including phenoxy) is 1. The Morgan fingerprint density at radius 2 is 1.95 bits per heavy atom. The van der Waals surface area contributed by atoms with Gasteiger partial charge >= 0.3 is 0 Å². The number of aromatic nitrogens is 1. The fraction of sp³-hybridized carbons (Fsp3) is 0.667. The van der Waals surface area contributed by atoms with Crippen molar-refractivity contribution in [2.45, 2.75) is 40.2 Å². The lowest BCUT2D eigenvalue weighted by atomic mass is 10.2. The first-order valence-corrected chi connectivity index (χ1v) is 9.31. The Morgan fingerprint density at radius 3 is 2.62 bits per heavy atom. The van der Waals surface area contributed by atoms with Gasteiger partial charge in [0.25, 0.3) is 0 Å². The van der Waals surface area contributed by atoms with Gasteiger partial charge in [0.15, 0.2) is 9.84 Å². The van der Waals surface area contributed by atoms with E-state index in [-0.39, 0.29) is 18.1 Å². The maximum absolute atomic E-state index is 11.7. The van der Waals surface area contributed by atoms with Gasteiger partial charge in [0.2, 0.25) is 0 Å². The molecule has 5 nitrogen and oxygen atoms in total. The number of nitrogens with zero attached hydrogens (tertiary/aromatic N) is 1. The molecule has 0 aliphatic carbocycles. The highest BCUT2D eigenvalue weighted by atomic mass is 32.2. The van der Waals surface area contributed by atoms with Crippen LogP contribution in [0.2, 0.25) is 0 Å². The fourth-order valence-electron chi connectivity index (χ4n) is 1.93. The molecule has 0 bridgehead atoms. The van der Waals surface area contributed by atoms with Gasteiger partial charge in [-0.2, -0.15) is 0 Å². The number of sulfone groups is 1. The van der Waals surface area contributed by atoms with E-state index in [9.17, 15) is 8.42 Å². The molecule has 0 amide bonds. The Hall–Kier alpha value is -1.14. The first kappa shape index (κ1) is 17.9. The summed E-state index contributed by atoms with van der Waals surface area (Å²) in [5.74, 6) is 0.931. The molecule has 120 valence electrons. The smallest absolute Gasteiger partial charge is 0.153 e. The summed E-state index contributed by atoms with van der Waals surface area (Å²) in [6, 6.07) is 3.73. The molecule has 0 fully saturated rings. The van der Waals surface area contributed by atoms with Gasteiger partial charge < -0.3 is 10.1 Å². The molecule has 1 heterocycles. The fourth-order valence-corrected chi connectivity index (χ4v) is 3.09. The average molecular weight is 314 g/mol. The van der Waals surface area contributed by atoms with E-state index in [1.165, 1.54) is 0 Å². The molecule has 0 unspecified atom stereocenters. The van der Waals surface area contributed by atoms with Crippen molar-refractivity contribution in [1.29, 1.82) is 0 Å². The number of aryl methyl sites for hydroxylation is 1. The van der Waals surface area contributed by atoms with E-state index in [1.807, 2.05) is 26.0 Å². The van der Waals surface area contributed by atoms with E-state index in [0.717, 1.165) is 24.4 Å². The zero-order chi connectivity index (χ0) is 15.7. The molecule has 0 atom stereocenters. The number of hydrogen-bond donors (Lipinski definition) is 1. The summed E-state index contributed by atoms with van der Waals surface area (Å²) in [7, 11) is -3.00. The summed E-state index contributed by atoms with van der Waals surface area (Å²) in [6.45, 7) is 7.62. The van der Waals surface area contributed by atoms with Crippen molar-refractivity contribution in [1.82, 2.24) is 10.3 Å². The molecule has 0 saturated heterocycles. The Kier molecular flexibility index (Phi) is 7.67. The van der Waals surface area contributed by atoms with Crippen LogP contribution in [0.15, 0.2) is 12.1 Å². The van der Waals surface area contributed by atoms with Crippen molar-refractivity contribution in [3.05, 3.63) is 23.5 Å². The maximum Gasteiger partial charge on any atom is 0.153 e. The van der Waals surface area contributed by atoms with E-state index in [1.54, 1.807) is 0 Å². The predicted molar refractivity (Wildman–Crippen MR) is 85.4 cm³/mol. The topological polar surface area (TPSA) is 68.3 Å². The van der Waals surface area contributed by atoms with Crippen LogP contribution in [0.4, 0.5) is 0 Å². The maximum atomic E-state index is 11.7. The summed E-state index contributed by atoms with van der Waals surface area (Å²) >= 11 is 0. The van der Waals surface area contributed by atoms with Crippen LogP contribution in [0.5, 0.6) is 5.75 Å². The second-order valence-corrected chi connectivity index (χ2v) is 7.38. The molecular formula is C15H26N2O3S. The molecular weight excluding hydrogens is 288 g/mol. The normalized spacial score (nSPS) is 11.6. The van der Waals surface area contributed by atoms with Gasteiger partial charge in [-0.1, -0.05) is 13.8 Å². The van der Waals surface area contributed by atoms with Crippen molar-refractivity contribution in [2.75, 3.05) is 24.7 Å². The van der Waals surface area contributed by atoms with Crippen LogP contribution in [0.1, 0.15) is 38.1 Å². The van der Waals surface area contributed by atoms with Crippen LogP contribution in [0.3, 0.4) is 0 Å². The quantitative estimate of drug-likeness (QED) is 0.670. The van der Waals surface area contributed by atoms with Gasteiger partial charge in [0.05, 0.1) is 17.2 Å². The molecule has 0 radical (unpaired) electrons. The SMILES string of the molecule is CCCNCc1nc(C)ccc1OCCS(=O)(=O)CCC. The molecule has 1 aromatic heterocycles. The van der Waals surface area contributed by atoms with E-state index in [0.29, 0.717) is 18.7 Å². The van der Waals surface area contributed by atoms with Crippen molar-refractivity contribution >= 4 is 9.84 Å². The molecule has 1 aromatic rings. The predicted octanol–water partition coefficient (Wildman–Crippen LogP) is 2.09. The van der Waals surface area contributed by atoms with Gasteiger partial charge in [-0.05, 0) is 38.4 Å². The zero-order valence-electron chi connectivity index (χ0n) is 13.2. The lowest BCUT2D eigenvalue weighted by Crippen LogP contribution is -2.19. The van der Waals surface area contributed by atoms with Gasteiger partial charge in [-0.15, -0.1) is 0 Å². The molecule has 0 aromatic carbocycles. The molecule has 1 rings (SSSR count). The van der Waals surface area contributed by atoms with Crippen LogP contribution in [0, 0.1) is 6.92 Å². The highest BCUT2D eigenvalue weighted by Crippen LogP contribution is 2.17. The molecule has 6 heteroatoms. The van der Waals surface area contributed by atoms with Crippen LogP contribution < -0.4 is 10.1 Å². The highest BCUT2D eigenvalue weighted by Gasteiger charge is 2.11. The summed E-state index contributed by atoms with van der Waals surface area (Å²) in [5.41, 5.74) is 1.76. The zero-order valence-corrected chi connectivity index (χ0v) is 14.0. The Labute approximate surface area is 128 Å². The van der Waals surface area contributed by atoms with Crippen molar-refractivity contribution in [3.63, 3.8) is 0 Å². The van der Waals surface area contributed by atoms with Crippen molar-refractivity contribution in [2.24, 2.45) is 0 Å². The third-order valence-corrected chi connectivity index (χ3v) is 4.78. The number of nitrogens with one attached hydrogen (secondary N) is 1. The third-order valence-electron chi connectivity index (χ3n) is 2.96. The molecule has 21 heavy (non-hydrogen) atoms. The summed E-state index contributed by atoms with van der Waals surface area (Å²) < 4.78 is 28.9. The largest absolute Gasteiger partial charge is 0.491 e. The lowest BCUT2D eigenvalue weighted by Gasteiger charge is -2.12. The Balaban J connectivity index is 2.61. The summed E-state index contributed by atoms with van der Waals surface area (Å²) in [4.78, 5) is 4.46. The average Bonchev–Trinajstić information content (AvgIpc) is 2.41. The van der Waals surface area contributed by atoms with Crippen molar-refractivity contribution in [3.8, 4) is 5.75 Å². The van der Waals surface area contributed by atoms with Crippen molar-refractivity contribution < 1.29 is 13.2 Å². The molecule has 0 aliphatic rings. The first-order chi connectivity index (χ1) is 9.98. The standard InChI is InChI=1S/C15H26N2O3S/c1-4-8-16-12-14-15(7-6-13(3)17-14)20-9-11-21(18,19)10-5-2/h6-7,16H,4-5,8-12H2,1-3H3. The molecule has 0 aliphatic heterocycles. The summed E-state index contributed by atoms with van der Waals surface area (Å²) in [6.07, 6.45) is 1.69. The van der Waals surface area contributed by atoms with Gasteiger partial charge in [-0.3, -0.25) is 4.98 Å². The second-order valence-electron chi connectivity index (χ2n) is 5.07. The van der Waals surface area contributed by atoms with E-state index in [2.05, 4.69) is 17.2 Å². The van der Waals surface area contributed by atoms with Gasteiger partial charge in [0, 0.05) is 12.2 Å². The second kappa shape index (κ2) is 9.00. The van der Waals surface area contributed by atoms with Gasteiger partial charge in [-0.25, -0.2) is 8.42 Å². The number of rotatable bonds is 10. The Bertz CT molecular complexity index is 530. The van der Waals surface area contributed by atoms with Crippen LogP contribution in [-0.2, 0) is 16.4 Å². The van der Waals surface area contributed by atoms with Crippen LogP contribution in [0.25, 0.3) is 0 Å². The summed E-state index contributed by atoms with van der Waals surface area (Å²) in [5, 5.41) is 3.29. The third kappa shape index (κ3) is 6.91. The highest BCUT2D eigenvalue weighted by molar-refractivity contribution is 7.91. The number of hydrogen-bond acceptors (Lipinski definition) is 5. The minimum Gasteiger partial charge on any atom is -0.491 e. The van der Waals surface area contributed by atoms with E-state index >= 15 is 0 Å².